The van der Waals surface area contributed by atoms with Gasteiger partial charge in [-0.2, -0.15) is 0 Å². The van der Waals surface area contributed by atoms with E-state index in [1.807, 2.05) is 48.5 Å². The smallest absolute Gasteiger partial charge is 0.163 e. The minimum atomic E-state index is 0.0630. The van der Waals surface area contributed by atoms with Gasteiger partial charge in [0.15, 0.2) is 5.78 Å². The molecule has 1 aliphatic heterocycles. The van der Waals surface area contributed by atoms with E-state index >= 15 is 0 Å². The van der Waals surface area contributed by atoms with Crippen molar-refractivity contribution in [3.63, 3.8) is 0 Å². The Labute approximate surface area is 170 Å². The molecule has 2 aromatic rings. The van der Waals surface area contributed by atoms with E-state index in [1.165, 1.54) is 0 Å². The zero-order valence-electron chi connectivity index (χ0n) is 16.5. The van der Waals surface area contributed by atoms with E-state index in [0.29, 0.717) is 12.3 Å². The van der Waals surface area contributed by atoms with Crippen LogP contribution in [0.2, 0.25) is 0 Å². The molecular weight excluding hydrogens is 402 g/mol. The SMILES string of the molecule is CC1(C)CC(CC(=O)c2ccc(Oc3ccccc3Br)cc2)CC(C)(C)N1. The van der Waals surface area contributed by atoms with Gasteiger partial charge in [0.1, 0.15) is 11.5 Å². The first-order valence-electron chi connectivity index (χ1n) is 9.49. The van der Waals surface area contributed by atoms with Crippen molar-refractivity contribution in [2.45, 2.75) is 58.0 Å². The van der Waals surface area contributed by atoms with Crippen LogP contribution in [-0.2, 0) is 0 Å². The molecule has 3 rings (SSSR count). The van der Waals surface area contributed by atoms with Crippen molar-refractivity contribution in [3.8, 4) is 11.5 Å². The summed E-state index contributed by atoms with van der Waals surface area (Å²) in [5, 5.41) is 3.68. The molecule has 0 aliphatic carbocycles. The molecule has 1 fully saturated rings. The minimum absolute atomic E-state index is 0.0630. The molecule has 1 saturated heterocycles. The summed E-state index contributed by atoms with van der Waals surface area (Å²) in [7, 11) is 0. The summed E-state index contributed by atoms with van der Waals surface area (Å²) in [6.07, 6.45) is 2.63. The lowest BCUT2D eigenvalue weighted by Crippen LogP contribution is -2.57. The Kier molecular flexibility index (Phi) is 5.78. The molecule has 1 aliphatic rings. The van der Waals surface area contributed by atoms with E-state index in [4.69, 9.17) is 4.74 Å². The summed E-state index contributed by atoms with van der Waals surface area (Å²) in [5.74, 6) is 2.10. The van der Waals surface area contributed by atoms with Crippen LogP contribution in [0.4, 0.5) is 0 Å². The Bertz CT molecular complexity index is 795. The second-order valence-electron chi connectivity index (χ2n) is 8.85. The number of carbonyl (C=O) groups is 1. The zero-order chi connectivity index (χ0) is 19.7. The molecule has 27 heavy (non-hydrogen) atoms. The summed E-state index contributed by atoms with van der Waals surface area (Å²) < 4.78 is 6.79. The molecule has 0 saturated carbocycles. The van der Waals surface area contributed by atoms with Crippen LogP contribution in [-0.4, -0.2) is 16.9 Å². The van der Waals surface area contributed by atoms with Crippen LogP contribution in [0.15, 0.2) is 53.0 Å². The molecule has 0 unspecified atom stereocenters. The predicted molar refractivity (Wildman–Crippen MR) is 114 cm³/mol. The number of Topliss-reactive ketones (excluding diaryl/α,β-unsaturated/α-hetero) is 1. The average Bonchev–Trinajstić information content (AvgIpc) is 2.54. The van der Waals surface area contributed by atoms with Gasteiger partial charge in [-0.1, -0.05) is 12.1 Å². The van der Waals surface area contributed by atoms with Crippen LogP contribution in [0.3, 0.4) is 0 Å². The summed E-state index contributed by atoms with van der Waals surface area (Å²) in [6.45, 7) is 8.89. The molecule has 0 amide bonds. The van der Waals surface area contributed by atoms with Gasteiger partial charge in [0.25, 0.3) is 0 Å². The van der Waals surface area contributed by atoms with Crippen molar-refractivity contribution in [2.24, 2.45) is 5.92 Å². The van der Waals surface area contributed by atoms with E-state index in [1.54, 1.807) is 0 Å². The predicted octanol–water partition coefficient (Wildman–Crippen LogP) is 6.37. The first-order valence-corrected chi connectivity index (χ1v) is 10.3. The van der Waals surface area contributed by atoms with Gasteiger partial charge in [-0.15, -0.1) is 0 Å². The Balaban J connectivity index is 1.65. The molecule has 2 aromatic carbocycles. The number of halogens is 1. The summed E-state index contributed by atoms with van der Waals surface area (Å²) in [5.41, 5.74) is 0.879. The molecule has 3 nitrogen and oxygen atoms in total. The van der Waals surface area contributed by atoms with Gasteiger partial charge < -0.3 is 10.1 Å². The van der Waals surface area contributed by atoms with Gasteiger partial charge in [-0.05, 0) is 98.8 Å². The van der Waals surface area contributed by atoms with Crippen LogP contribution < -0.4 is 10.1 Å². The highest BCUT2D eigenvalue weighted by atomic mass is 79.9. The minimum Gasteiger partial charge on any atom is -0.456 e. The van der Waals surface area contributed by atoms with Crippen molar-refractivity contribution in [1.82, 2.24) is 5.32 Å². The van der Waals surface area contributed by atoms with Crippen LogP contribution in [0.5, 0.6) is 11.5 Å². The largest absolute Gasteiger partial charge is 0.456 e. The molecule has 0 bridgehead atoms. The molecule has 1 heterocycles. The number of nitrogens with one attached hydrogen (secondary N) is 1. The van der Waals surface area contributed by atoms with E-state index in [9.17, 15) is 4.79 Å². The number of ether oxygens (including phenoxy) is 1. The van der Waals surface area contributed by atoms with E-state index in [2.05, 4.69) is 48.9 Å². The Morgan fingerprint density at radius 1 is 1.04 bits per heavy atom. The highest BCUT2D eigenvalue weighted by Gasteiger charge is 2.38. The first kappa shape index (κ1) is 20.1. The Hall–Kier alpha value is -1.65. The normalized spacial score (nSPS) is 18.9. The van der Waals surface area contributed by atoms with E-state index in [-0.39, 0.29) is 16.9 Å². The fraction of sp³-hybridized carbons (Fsp3) is 0.435. The fourth-order valence-corrected chi connectivity index (χ4v) is 4.79. The molecule has 0 aromatic heterocycles. The first-order chi connectivity index (χ1) is 12.6. The lowest BCUT2D eigenvalue weighted by atomic mass is 9.74. The second-order valence-corrected chi connectivity index (χ2v) is 9.71. The summed E-state index contributed by atoms with van der Waals surface area (Å²) in [4.78, 5) is 12.8. The average molecular weight is 430 g/mol. The third kappa shape index (κ3) is 5.43. The monoisotopic (exact) mass is 429 g/mol. The van der Waals surface area contributed by atoms with Gasteiger partial charge in [0, 0.05) is 23.1 Å². The van der Waals surface area contributed by atoms with Crippen LogP contribution in [0, 0.1) is 5.92 Å². The molecule has 144 valence electrons. The third-order valence-electron chi connectivity index (χ3n) is 4.99. The van der Waals surface area contributed by atoms with E-state index in [0.717, 1.165) is 34.4 Å². The number of ketones is 1. The molecule has 0 atom stereocenters. The Morgan fingerprint density at radius 2 is 1.63 bits per heavy atom. The van der Waals surface area contributed by atoms with Gasteiger partial charge in [0.2, 0.25) is 0 Å². The number of hydrogen-bond acceptors (Lipinski definition) is 3. The maximum Gasteiger partial charge on any atom is 0.163 e. The fourth-order valence-electron chi connectivity index (χ4n) is 4.42. The lowest BCUT2D eigenvalue weighted by molar-refractivity contribution is 0.0864. The van der Waals surface area contributed by atoms with Gasteiger partial charge >= 0.3 is 0 Å². The number of rotatable bonds is 5. The number of hydrogen-bond donors (Lipinski definition) is 1. The lowest BCUT2D eigenvalue weighted by Gasteiger charge is -2.46. The standard InChI is InChI=1S/C23H28BrNO2/c1-22(2)14-16(15-23(3,4)25-22)13-20(26)17-9-11-18(12-10-17)27-21-8-6-5-7-19(21)24/h5-12,16,25H,13-15H2,1-4H3. The van der Waals surface area contributed by atoms with Gasteiger partial charge in [-0.3, -0.25) is 4.79 Å². The van der Waals surface area contributed by atoms with Crippen LogP contribution in [0.1, 0.15) is 57.3 Å². The molecular formula is C23H28BrNO2. The number of para-hydroxylation sites is 1. The highest BCUT2D eigenvalue weighted by Crippen LogP contribution is 2.35. The maximum absolute atomic E-state index is 12.8. The second kappa shape index (κ2) is 7.76. The zero-order valence-corrected chi connectivity index (χ0v) is 18.1. The summed E-state index contributed by atoms with van der Waals surface area (Å²) in [6, 6.07) is 15.2. The molecule has 0 spiro atoms. The number of benzene rings is 2. The number of carbonyl (C=O) groups excluding carboxylic acids is 1. The van der Waals surface area contributed by atoms with Crippen molar-refractivity contribution >= 4 is 21.7 Å². The number of piperidine rings is 1. The van der Waals surface area contributed by atoms with Crippen LogP contribution >= 0.6 is 15.9 Å². The van der Waals surface area contributed by atoms with Gasteiger partial charge in [-0.25, -0.2) is 0 Å². The maximum atomic E-state index is 12.8. The van der Waals surface area contributed by atoms with Gasteiger partial charge in [0.05, 0.1) is 4.47 Å². The van der Waals surface area contributed by atoms with E-state index < -0.39 is 0 Å². The molecule has 1 N–H and O–H groups in total. The molecule has 0 radical (unpaired) electrons. The topological polar surface area (TPSA) is 38.3 Å². The Morgan fingerprint density at radius 3 is 2.22 bits per heavy atom. The quantitative estimate of drug-likeness (QED) is 0.560. The van der Waals surface area contributed by atoms with Crippen LogP contribution in [0.25, 0.3) is 0 Å². The molecule has 4 heteroatoms. The van der Waals surface area contributed by atoms with Crippen molar-refractivity contribution in [1.29, 1.82) is 0 Å². The summed E-state index contributed by atoms with van der Waals surface area (Å²) >= 11 is 3.48. The highest BCUT2D eigenvalue weighted by molar-refractivity contribution is 9.10. The van der Waals surface area contributed by atoms with Crippen molar-refractivity contribution < 1.29 is 9.53 Å². The van der Waals surface area contributed by atoms with Crippen molar-refractivity contribution in [2.75, 3.05) is 0 Å². The third-order valence-corrected chi connectivity index (χ3v) is 5.64. The van der Waals surface area contributed by atoms with Crippen molar-refractivity contribution in [3.05, 3.63) is 58.6 Å².